The van der Waals surface area contributed by atoms with E-state index in [0.29, 0.717) is 30.1 Å². The summed E-state index contributed by atoms with van der Waals surface area (Å²) in [6.45, 7) is 1.52. The van der Waals surface area contributed by atoms with Gasteiger partial charge in [-0.25, -0.2) is 0 Å². The molecule has 5 nitrogen and oxygen atoms in total. The quantitative estimate of drug-likeness (QED) is 0.541. The van der Waals surface area contributed by atoms with Gasteiger partial charge in [-0.1, -0.05) is 36.4 Å². The first-order valence-corrected chi connectivity index (χ1v) is 9.97. The zero-order valence-electron chi connectivity index (χ0n) is 15.4. The highest BCUT2D eigenvalue weighted by Gasteiger charge is 2.07. The van der Waals surface area contributed by atoms with Crippen LogP contribution in [0.1, 0.15) is 32.0 Å². The molecule has 1 heterocycles. The third-order valence-electron chi connectivity index (χ3n) is 4.03. The average Bonchev–Trinajstić information content (AvgIpc) is 3.28. The van der Waals surface area contributed by atoms with Crippen LogP contribution in [0.25, 0.3) is 0 Å². The van der Waals surface area contributed by atoms with Crippen molar-refractivity contribution in [2.24, 2.45) is 0 Å². The Balaban J connectivity index is 1.36. The Kier molecular flexibility index (Phi) is 7.21. The summed E-state index contributed by atoms with van der Waals surface area (Å²) in [5, 5.41) is 7.63. The fourth-order valence-electron chi connectivity index (χ4n) is 2.53. The van der Waals surface area contributed by atoms with Gasteiger partial charge in [0.05, 0.1) is 11.5 Å². The Bertz CT molecular complexity index is 878. The van der Waals surface area contributed by atoms with E-state index in [2.05, 4.69) is 10.6 Å². The largest absolute Gasteiger partial charge is 0.494 e. The normalized spacial score (nSPS) is 10.3. The van der Waals surface area contributed by atoms with E-state index in [1.807, 2.05) is 53.9 Å². The molecular formula is C22H22N2O3S. The number of rotatable bonds is 9. The van der Waals surface area contributed by atoms with E-state index in [0.717, 1.165) is 17.7 Å². The van der Waals surface area contributed by atoms with Gasteiger partial charge in [-0.15, -0.1) is 11.3 Å². The summed E-state index contributed by atoms with van der Waals surface area (Å²) in [4.78, 5) is 24.8. The molecule has 3 rings (SSSR count). The van der Waals surface area contributed by atoms with Gasteiger partial charge < -0.3 is 15.4 Å². The minimum Gasteiger partial charge on any atom is -0.494 e. The summed E-state index contributed by atoms with van der Waals surface area (Å²) in [6, 6.07) is 20.5. The zero-order chi connectivity index (χ0) is 19.6. The second-order valence-corrected chi connectivity index (χ2v) is 7.08. The Labute approximate surface area is 168 Å². The van der Waals surface area contributed by atoms with Crippen molar-refractivity contribution in [2.75, 3.05) is 13.2 Å². The second kappa shape index (κ2) is 10.3. The molecule has 2 amide bonds. The van der Waals surface area contributed by atoms with Crippen LogP contribution in [0.2, 0.25) is 0 Å². The maximum Gasteiger partial charge on any atom is 0.261 e. The molecule has 0 aliphatic rings. The first kappa shape index (κ1) is 19.6. The van der Waals surface area contributed by atoms with E-state index in [1.165, 1.54) is 11.3 Å². The monoisotopic (exact) mass is 394 g/mol. The van der Waals surface area contributed by atoms with E-state index in [1.54, 1.807) is 18.2 Å². The predicted molar refractivity (Wildman–Crippen MR) is 111 cm³/mol. The number of amides is 2. The van der Waals surface area contributed by atoms with Crippen LogP contribution < -0.4 is 15.4 Å². The molecule has 2 aromatic carbocycles. The number of hydrogen-bond donors (Lipinski definition) is 2. The number of carbonyl (C=O) groups excluding carboxylic acids is 2. The lowest BCUT2D eigenvalue weighted by molar-refractivity contribution is 0.0943. The standard InChI is InChI=1S/C22H22N2O3S/c25-21(23-13-5-14-27-19-6-2-1-3-7-19)18-11-9-17(10-12-18)16-24-22(26)20-8-4-15-28-20/h1-4,6-12,15H,5,13-14,16H2,(H,23,25)(H,24,26). The van der Waals surface area contributed by atoms with Crippen molar-refractivity contribution in [1.29, 1.82) is 0 Å². The molecule has 0 unspecified atom stereocenters. The van der Waals surface area contributed by atoms with Crippen LogP contribution in [-0.4, -0.2) is 25.0 Å². The minimum atomic E-state index is -0.117. The number of para-hydroxylation sites is 1. The lowest BCUT2D eigenvalue weighted by atomic mass is 10.1. The lowest BCUT2D eigenvalue weighted by Gasteiger charge is -2.08. The Hall–Kier alpha value is -3.12. The van der Waals surface area contributed by atoms with Crippen LogP contribution in [0.3, 0.4) is 0 Å². The highest BCUT2D eigenvalue weighted by molar-refractivity contribution is 7.12. The van der Waals surface area contributed by atoms with Crippen molar-refractivity contribution in [3.63, 3.8) is 0 Å². The molecule has 2 N–H and O–H groups in total. The third-order valence-corrected chi connectivity index (χ3v) is 4.90. The van der Waals surface area contributed by atoms with Crippen molar-refractivity contribution < 1.29 is 14.3 Å². The van der Waals surface area contributed by atoms with Crippen molar-refractivity contribution in [2.45, 2.75) is 13.0 Å². The van der Waals surface area contributed by atoms with Crippen LogP contribution in [0.4, 0.5) is 0 Å². The van der Waals surface area contributed by atoms with Gasteiger partial charge in [0.25, 0.3) is 11.8 Å². The third kappa shape index (κ3) is 5.96. The molecular weight excluding hydrogens is 372 g/mol. The molecule has 6 heteroatoms. The first-order chi connectivity index (χ1) is 13.7. The van der Waals surface area contributed by atoms with Crippen LogP contribution in [0, 0.1) is 0 Å². The topological polar surface area (TPSA) is 67.4 Å². The molecule has 0 radical (unpaired) electrons. The average molecular weight is 394 g/mol. The molecule has 3 aromatic rings. The summed E-state index contributed by atoms with van der Waals surface area (Å²) in [6.07, 6.45) is 0.730. The number of thiophene rings is 1. The molecule has 28 heavy (non-hydrogen) atoms. The number of carbonyl (C=O) groups is 2. The molecule has 0 atom stereocenters. The van der Waals surface area contributed by atoms with Gasteiger partial charge in [-0.3, -0.25) is 9.59 Å². The van der Waals surface area contributed by atoms with Gasteiger partial charge in [-0.2, -0.15) is 0 Å². The SMILES string of the molecule is O=C(NCCCOc1ccccc1)c1ccc(CNC(=O)c2cccs2)cc1. The molecule has 0 fully saturated rings. The maximum absolute atomic E-state index is 12.2. The van der Waals surface area contributed by atoms with Crippen LogP contribution in [-0.2, 0) is 6.54 Å². The highest BCUT2D eigenvalue weighted by atomic mass is 32.1. The fourth-order valence-corrected chi connectivity index (χ4v) is 3.17. The Morgan fingerprint density at radius 3 is 2.36 bits per heavy atom. The molecule has 0 aliphatic heterocycles. The van der Waals surface area contributed by atoms with Gasteiger partial charge in [0.1, 0.15) is 5.75 Å². The summed E-state index contributed by atoms with van der Waals surface area (Å²) in [5.41, 5.74) is 1.54. The number of ether oxygens (including phenoxy) is 1. The van der Waals surface area contributed by atoms with Crippen molar-refractivity contribution in [3.8, 4) is 5.75 Å². The molecule has 144 valence electrons. The molecule has 0 aliphatic carbocycles. The van der Waals surface area contributed by atoms with Crippen LogP contribution in [0.5, 0.6) is 5.75 Å². The molecule has 1 aromatic heterocycles. The summed E-state index contributed by atoms with van der Waals surface area (Å²) in [7, 11) is 0. The van der Waals surface area contributed by atoms with Gasteiger partial charge in [0.15, 0.2) is 0 Å². The summed E-state index contributed by atoms with van der Waals surface area (Å²) < 4.78 is 5.60. The predicted octanol–water partition coefficient (Wildman–Crippen LogP) is 3.88. The molecule has 0 bridgehead atoms. The Morgan fingerprint density at radius 1 is 0.857 bits per heavy atom. The zero-order valence-corrected chi connectivity index (χ0v) is 16.2. The number of benzene rings is 2. The highest BCUT2D eigenvalue weighted by Crippen LogP contribution is 2.10. The summed E-state index contributed by atoms with van der Waals surface area (Å²) >= 11 is 1.41. The van der Waals surface area contributed by atoms with E-state index in [4.69, 9.17) is 4.74 Å². The lowest BCUT2D eigenvalue weighted by Crippen LogP contribution is -2.25. The first-order valence-electron chi connectivity index (χ1n) is 9.09. The van der Waals surface area contributed by atoms with E-state index in [-0.39, 0.29) is 11.8 Å². The van der Waals surface area contributed by atoms with E-state index < -0.39 is 0 Å². The van der Waals surface area contributed by atoms with Gasteiger partial charge in [-0.05, 0) is 47.7 Å². The smallest absolute Gasteiger partial charge is 0.261 e. The number of hydrogen-bond acceptors (Lipinski definition) is 4. The van der Waals surface area contributed by atoms with Gasteiger partial charge >= 0.3 is 0 Å². The minimum absolute atomic E-state index is 0.0884. The maximum atomic E-state index is 12.2. The van der Waals surface area contributed by atoms with Crippen LogP contribution >= 0.6 is 11.3 Å². The van der Waals surface area contributed by atoms with Gasteiger partial charge in [0, 0.05) is 18.7 Å². The molecule has 0 saturated heterocycles. The molecule has 0 spiro atoms. The van der Waals surface area contributed by atoms with Crippen molar-refractivity contribution in [3.05, 3.63) is 88.1 Å². The van der Waals surface area contributed by atoms with Crippen molar-refractivity contribution >= 4 is 23.2 Å². The van der Waals surface area contributed by atoms with E-state index in [9.17, 15) is 9.59 Å². The van der Waals surface area contributed by atoms with Crippen LogP contribution in [0.15, 0.2) is 72.1 Å². The van der Waals surface area contributed by atoms with Gasteiger partial charge in [0.2, 0.25) is 0 Å². The fraction of sp³-hybridized carbons (Fsp3) is 0.182. The van der Waals surface area contributed by atoms with E-state index >= 15 is 0 Å². The summed E-state index contributed by atoms with van der Waals surface area (Å²) in [5.74, 6) is 0.624. The Morgan fingerprint density at radius 2 is 1.64 bits per heavy atom. The number of nitrogens with one attached hydrogen (secondary N) is 2. The molecule has 0 saturated carbocycles. The second-order valence-electron chi connectivity index (χ2n) is 6.13. The van der Waals surface area contributed by atoms with Crippen molar-refractivity contribution in [1.82, 2.24) is 10.6 Å².